The van der Waals surface area contributed by atoms with Crippen LogP contribution in [0, 0.1) is 23.3 Å². The molecule has 0 spiro atoms. The van der Waals surface area contributed by atoms with Crippen LogP contribution in [0.15, 0.2) is 73.2 Å². The number of halogens is 5. The molecule has 3 N–H and O–H groups in total. The molecular weight excluding hydrogens is 900 g/mol. The number of amides is 2. The summed E-state index contributed by atoms with van der Waals surface area (Å²) in [6.45, 7) is 7.85. The van der Waals surface area contributed by atoms with Crippen molar-refractivity contribution in [2.24, 2.45) is 0 Å². The first-order valence-corrected chi connectivity index (χ1v) is 22.4. The monoisotopic (exact) mass is 944 g/mol. The lowest BCUT2D eigenvalue weighted by Gasteiger charge is -2.37. The van der Waals surface area contributed by atoms with E-state index < -0.39 is 46.3 Å². The first-order valence-electron chi connectivity index (χ1n) is 21.1. The normalized spacial score (nSPS) is 14.0. The van der Waals surface area contributed by atoms with Crippen LogP contribution in [0.2, 0.25) is 5.02 Å². The molecule has 66 heavy (non-hydrogen) atoms. The fourth-order valence-corrected chi connectivity index (χ4v) is 8.68. The van der Waals surface area contributed by atoms with Gasteiger partial charge in [-0.1, -0.05) is 42.6 Å². The molecule has 3 aromatic carbocycles. The zero-order valence-electron chi connectivity index (χ0n) is 36.4. The number of fused-ring (bicyclic) bond motifs is 4. The minimum Gasteiger partial charge on any atom is -0.493 e. The van der Waals surface area contributed by atoms with Crippen LogP contribution in [0.3, 0.4) is 0 Å². The number of anilines is 3. The highest BCUT2D eigenvalue weighted by Crippen LogP contribution is 2.42. The summed E-state index contributed by atoms with van der Waals surface area (Å²) in [5.74, 6) is -4.19. The fourth-order valence-electron chi connectivity index (χ4n) is 7.93. The lowest BCUT2D eigenvalue weighted by molar-refractivity contribution is 0.0337. The number of aromatic nitrogens is 4. The number of carbonyl (C=O) groups is 2. The van der Waals surface area contributed by atoms with E-state index in [-0.39, 0.29) is 29.3 Å². The highest BCUT2D eigenvalue weighted by atomic mass is 35.5. The number of aromatic amines is 2. The number of methoxy groups -OCH3 is 2. The molecule has 13 nitrogen and oxygen atoms in total. The van der Waals surface area contributed by atoms with Crippen molar-refractivity contribution in [2.75, 3.05) is 67.3 Å². The maximum Gasteiger partial charge on any atom is 0.329 e. The summed E-state index contributed by atoms with van der Waals surface area (Å²) in [6, 6.07) is 13.9. The average Bonchev–Trinajstić information content (AvgIpc) is 3.95. The quantitative estimate of drug-likeness (QED) is 0.0443. The molecule has 0 radical (unpaired) electrons. The molecule has 344 valence electrons. The van der Waals surface area contributed by atoms with Crippen LogP contribution in [-0.2, 0) is 17.8 Å². The number of benzene rings is 3. The van der Waals surface area contributed by atoms with Crippen molar-refractivity contribution in [3.63, 3.8) is 0 Å². The lowest BCUT2D eigenvalue weighted by atomic mass is 10.00. The van der Waals surface area contributed by atoms with E-state index in [0.29, 0.717) is 59.3 Å². The number of nitrogens with zero attached hydrogens (tertiary/aromatic N) is 5. The van der Waals surface area contributed by atoms with E-state index in [1.807, 2.05) is 32.0 Å². The minimum atomic E-state index is -0.970. The fraction of sp³-hybridized carbons (Fsp3) is 0.277. The Kier molecular flexibility index (Phi) is 14.0. The zero-order chi connectivity index (χ0) is 46.6. The molecule has 0 saturated carbocycles. The number of hydrogen-bond donors (Lipinski definition) is 3. The van der Waals surface area contributed by atoms with Gasteiger partial charge in [0.1, 0.15) is 22.8 Å². The third-order valence-corrected chi connectivity index (χ3v) is 12.4. The third-order valence-electron chi connectivity index (χ3n) is 11.2. The molecule has 0 bridgehead atoms. The molecule has 7 aromatic rings. The largest absolute Gasteiger partial charge is 0.493 e. The summed E-state index contributed by atoms with van der Waals surface area (Å²) >= 11 is 7.25. The molecule has 9 rings (SSSR count). The van der Waals surface area contributed by atoms with E-state index in [1.54, 1.807) is 30.6 Å². The number of urea groups is 1. The predicted octanol–water partition coefficient (Wildman–Crippen LogP) is 10.5. The minimum absolute atomic E-state index is 0.0538. The Bertz CT molecular complexity index is 2900. The number of hydrogen-bond acceptors (Lipinski definition) is 10. The number of morpholine rings is 1. The predicted molar refractivity (Wildman–Crippen MR) is 249 cm³/mol. The molecule has 0 aliphatic carbocycles. The first kappa shape index (κ1) is 46.2. The van der Waals surface area contributed by atoms with Gasteiger partial charge in [-0.05, 0) is 55.3 Å². The number of nitrogens with one attached hydrogen (secondary N) is 3. The van der Waals surface area contributed by atoms with Crippen molar-refractivity contribution >= 4 is 74.5 Å². The third kappa shape index (κ3) is 9.10. The second-order valence-electron chi connectivity index (χ2n) is 15.3. The van der Waals surface area contributed by atoms with Gasteiger partial charge in [-0.15, -0.1) is 0 Å². The van der Waals surface area contributed by atoms with Gasteiger partial charge in [-0.25, -0.2) is 32.3 Å². The smallest absolute Gasteiger partial charge is 0.329 e. The van der Waals surface area contributed by atoms with Crippen molar-refractivity contribution < 1.29 is 41.4 Å². The molecule has 6 heterocycles. The van der Waals surface area contributed by atoms with E-state index in [9.17, 15) is 14.0 Å². The van der Waals surface area contributed by atoms with E-state index in [0.717, 1.165) is 64.5 Å². The molecule has 4 aromatic heterocycles. The molecule has 2 aliphatic heterocycles. The Hall–Kier alpha value is -6.34. The van der Waals surface area contributed by atoms with Gasteiger partial charge < -0.3 is 28.9 Å². The molecule has 1 saturated heterocycles. The van der Waals surface area contributed by atoms with Gasteiger partial charge in [-0.2, -0.15) is 0 Å². The second kappa shape index (κ2) is 20.0. The Morgan fingerprint density at radius 1 is 0.879 bits per heavy atom. The molecule has 19 heteroatoms. The van der Waals surface area contributed by atoms with Crippen LogP contribution in [0.4, 0.5) is 39.4 Å². The summed E-state index contributed by atoms with van der Waals surface area (Å²) in [6.07, 6.45) is 5.62. The van der Waals surface area contributed by atoms with Crippen LogP contribution in [-0.4, -0.2) is 89.5 Å². The maximum absolute atomic E-state index is 15.2. The van der Waals surface area contributed by atoms with Crippen molar-refractivity contribution in [2.45, 2.75) is 33.4 Å². The maximum atomic E-state index is 15.2. The van der Waals surface area contributed by atoms with Crippen molar-refractivity contribution in [3.05, 3.63) is 124 Å². The molecule has 2 aliphatic rings. The van der Waals surface area contributed by atoms with Gasteiger partial charge in [-0.3, -0.25) is 19.5 Å². The summed E-state index contributed by atoms with van der Waals surface area (Å²) in [7, 11) is 2.54. The first-order chi connectivity index (χ1) is 32.0. The van der Waals surface area contributed by atoms with Crippen LogP contribution in [0.1, 0.15) is 47.4 Å². The average molecular weight is 945 g/mol. The van der Waals surface area contributed by atoms with Crippen LogP contribution in [0.25, 0.3) is 33.2 Å². The number of carbonyl (C=O) groups excluding carboxylic acids is 2. The van der Waals surface area contributed by atoms with E-state index in [4.69, 9.17) is 25.8 Å². The van der Waals surface area contributed by atoms with Gasteiger partial charge in [0.15, 0.2) is 29.0 Å². The second-order valence-corrected chi connectivity index (χ2v) is 16.7. The van der Waals surface area contributed by atoms with Crippen molar-refractivity contribution in [1.82, 2.24) is 24.8 Å². The molecule has 0 atom stereocenters. The van der Waals surface area contributed by atoms with E-state index >= 15 is 13.2 Å². The van der Waals surface area contributed by atoms with Gasteiger partial charge in [0.25, 0.3) is 0 Å². The number of ketones is 1. The van der Waals surface area contributed by atoms with Crippen LogP contribution < -0.4 is 24.0 Å². The zero-order valence-corrected chi connectivity index (χ0v) is 37.9. The van der Waals surface area contributed by atoms with E-state index in [1.165, 1.54) is 43.3 Å². The summed E-state index contributed by atoms with van der Waals surface area (Å²) < 4.78 is 78.3. The highest BCUT2D eigenvalue weighted by molar-refractivity contribution is 8.00. The van der Waals surface area contributed by atoms with Crippen molar-refractivity contribution in [1.29, 1.82) is 0 Å². The van der Waals surface area contributed by atoms with E-state index in [2.05, 4.69) is 29.6 Å². The van der Waals surface area contributed by atoms with Gasteiger partial charge in [0.2, 0.25) is 5.78 Å². The molecule has 1 fully saturated rings. The lowest BCUT2D eigenvalue weighted by Crippen LogP contribution is -2.48. The SMILES string of the molecule is CCCSNc1ccc(F)c(C(=O)c2c[nH]c3ncc(-c4ccc(Cl)cc4)cc23)c1F.CCN1C(=O)N(c2c(F)c(OC)cc(OC)c2F)Cc2cnc3[nH]c(CN4CCOCC4)cc3c21. The Balaban J connectivity index is 0.000000181. The Morgan fingerprint density at radius 2 is 1.59 bits per heavy atom. The molecular formula is C47H45ClF4N8O5S. The Morgan fingerprint density at radius 3 is 2.27 bits per heavy atom. The number of rotatable bonds is 13. The van der Waals surface area contributed by atoms with Gasteiger partial charge in [0, 0.05) is 94.8 Å². The topological polar surface area (TPSA) is 141 Å². The van der Waals surface area contributed by atoms with Gasteiger partial charge >= 0.3 is 6.03 Å². The van der Waals surface area contributed by atoms with Gasteiger partial charge in [0.05, 0.1) is 50.9 Å². The number of pyridine rings is 2. The van der Waals surface area contributed by atoms with Crippen LogP contribution >= 0.6 is 23.5 Å². The van der Waals surface area contributed by atoms with Crippen molar-refractivity contribution in [3.8, 4) is 22.6 Å². The summed E-state index contributed by atoms with van der Waals surface area (Å²) in [5, 5.41) is 1.88. The summed E-state index contributed by atoms with van der Waals surface area (Å²) in [5.41, 5.74) is 4.18. The Labute approximate surface area is 386 Å². The number of ether oxygens (including phenoxy) is 3. The summed E-state index contributed by atoms with van der Waals surface area (Å²) in [4.78, 5) is 46.7. The highest BCUT2D eigenvalue weighted by Gasteiger charge is 2.37. The molecule has 2 amide bonds. The standard InChI is InChI=1S/C24H27F2N5O4.C23H18ClF2N3OS/c1-4-30-21-14(11-27-23-16(21)9-15(28-23)13-29-5-7-35-8-6-29)12-31(24(30)32)22-19(25)17(33-2)10-18(34-3)20(22)26;1-2-9-31-29-19-8-7-18(25)20(21(19)26)22(30)17-12-28-23-16(17)10-14(11-27-23)13-3-5-15(24)6-4-13/h9-11H,4-8,12-13H2,1-3H3,(H,27,28);3-8,10-12,29H,2,9H2,1H3,(H,27,28). The number of H-pyrrole nitrogens is 2. The molecule has 0 unspecified atom stereocenters. The van der Waals surface area contributed by atoms with Crippen LogP contribution in [0.5, 0.6) is 11.5 Å².